The molecule has 0 spiro atoms. The summed E-state index contributed by atoms with van der Waals surface area (Å²) in [5.41, 5.74) is 0.976. The lowest BCUT2D eigenvalue weighted by molar-refractivity contribution is -0.140. The Morgan fingerprint density at radius 1 is 0.952 bits per heavy atom. The highest BCUT2D eigenvalue weighted by molar-refractivity contribution is 7.92. The number of ether oxygens (including phenoxy) is 1. The molecule has 0 aromatic heterocycles. The molecule has 12 heteroatoms. The zero-order valence-electron chi connectivity index (χ0n) is 24.2. The third-order valence-electron chi connectivity index (χ3n) is 6.33. The van der Waals surface area contributed by atoms with E-state index in [1.165, 1.54) is 48.4 Å². The van der Waals surface area contributed by atoms with Gasteiger partial charge in [-0.25, -0.2) is 8.42 Å². The summed E-state index contributed by atoms with van der Waals surface area (Å²) in [6, 6.07) is 14.5. The van der Waals surface area contributed by atoms with Gasteiger partial charge >= 0.3 is 0 Å². The summed E-state index contributed by atoms with van der Waals surface area (Å²) < 4.78 is 34.1. The number of benzene rings is 3. The summed E-state index contributed by atoms with van der Waals surface area (Å²) in [5.74, 6) is -0.715. The van der Waals surface area contributed by atoms with E-state index in [1.807, 2.05) is 27.7 Å². The molecular formula is C30H34Cl3N3O5S. The highest BCUT2D eigenvalue weighted by atomic mass is 35.5. The first kappa shape index (κ1) is 33.5. The SMILES string of the molecule is COc1ccc(N(CC(=O)N(Cc2ccc(Cl)cc2Cl)[C@H](C)C(=O)NC(C)(C)C)S(=O)(=O)c2ccc(C)cc2)cc1Cl. The summed E-state index contributed by atoms with van der Waals surface area (Å²) >= 11 is 18.9. The zero-order chi connectivity index (χ0) is 31.4. The normalized spacial score (nSPS) is 12.4. The molecule has 0 saturated heterocycles. The number of rotatable bonds is 10. The van der Waals surface area contributed by atoms with E-state index in [0.29, 0.717) is 21.4 Å². The molecule has 1 atom stereocenters. The first-order valence-electron chi connectivity index (χ1n) is 13.0. The summed E-state index contributed by atoms with van der Waals surface area (Å²) in [6.07, 6.45) is 0. The molecule has 42 heavy (non-hydrogen) atoms. The van der Waals surface area contributed by atoms with Crippen molar-refractivity contribution in [3.63, 3.8) is 0 Å². The van der Waals surface area contributed by atoms with Crippen LogP contribution in [0.25, 0.3) is 0 Å². The molecule has 0 aliphatic carbocycles. The minimum atomic E-state index is -4.25. The molecule has 226 valence electrons. The average molecular weight is 655 g/mol. The topological polar surface area (TPSA) is 96.0 Å². The number of hydrogen-bond acceptors (Lipinski definition) is 5. The molecule has 0 radical (unpaired) electrons. The number of sulfonamides is 1. The van der Waals surface area contributed by atoms with E-state index < -0.39 is 40.0 Å². The van der Waals surface area contributed by atoms with E-state index in [4.69, 9.17) is 39.5 Å². The van der Waals surface area contributed by atoms with E-state index in [1.54, 1.807) is 31.2 Å². The van der Waals surface area contributed by atoms with Crippen molar-refractivity contribution in [1.82, 2.24) is 10.2 Å². The van der Waals surface area contributed by atoms with Gasteiger partial charge in [-0.2, -0.15) is 0 Å². The molecule has 1 N–H and O–H groups in total. The smallest absolute Gasteiger partial charge is 0.264 e. The van der Waals surface area contributed by atoms with Crippen molar-refractivity contribution in [3.05, 3.63) is 86.9 Å². The zero-order valence-corrected chi connectivity index (χ0v) is 27.3. The summed E-state index contributed by atoms with van der Waals surface area (Å²) in [7, 11) is -2.82. The van der Waals surface area contributed by atoms with Crippen molar-refractivity contribution in [2.24, 2.45) is 0 Å². The van der Waals surface area contributed by atoms with Gasteiger partial charge in [-0.15, -0.1) is 0 Å². The maximum absolute atomic E-state index is 14.1. The Balaban J connectivity index is 2.10. The van der Waals surface area contributed by atoms with Crippen LogP contribution in [0.15, 0.2) is 65.6 Å². The van der Waals surface area contributed by atoms with Crippen LogP contribution in [0.2, 0.25) is 15.1 Å². The molecule has 0 aliphatic rings. The van der Waals surface area contributed by atoms with Crippen molar-refractivity contribution in [2.75, 3.05) is 18.0 Å². The first-order chi connectivity index (χ1) is 19.5. The lowest BCUT2D eigenvalue weighted by atomic mass is 10.1. The van der Waals surface area contributed by atoms with Gasteiger partial charge in [-0.1, -0.05) is 58.6 Å². The number of carbonyl (C=O) groups excluding carboxylic acids is 2. The Bertz CT molecular complexity index is 1560. The Morgan fingerprint density at radius 3 is 2.14 bits per heavy atom. The standard InChI is InChI=1S/C30H34Cl3N3O5S/c1-19-7-12-24(13-8-19)42(39,40)36(23-11-14-27(41-6)26(33)16-23)18-28(37)35(20(2)29(38)34-30(3,4)5)17-21-9-10-22(31)15-25(21)32/h7-16,20H,17-18H2,1-6H3,(H,34,38)/t20-/m1/s1. The summed E-state index contributed by atoms with van der Waals surface area (Å²) in [6.45, 7) is 8.18. The van der Waals surface area contributed by atoms with Crippen molar-refractivity contribution < 1.29 is 22.7 Å². The molecule has 3 aromatic rings. The van der Waals surface area contributed by atoms with Crippen LogP contribution in [0.4, 0.5) is 5.69 Å². The van der Waals surface area contributed by atoms with Gasteiger partial charge in [0.15, 0.2) is 0 Å². The second-order valence-electron chi connectivity index (χ2n) is 10.8. The molecular weight excluding hydrogens is 621 g/mol. The quantitative estimate of drug-likeness (QED) is 0.270. The molecule has 0 aliphatic heterocycles. The number of halogens is 3. The molecule has 0 bridgehead atoms. The lowest BCUT2D eigenvalue weighted by Gasteiger charge is -2.33. The Labute approximate surface area is 262 Å². The largest absolute Gasteiger partial charge is 0.495 e. The number of nitrogens with zero attached hydrogens (tertiary/aromatic N) is 2. The minimum absolute atomic E-state index is 0.0151. The van der Waals surface area contributed by atoms with Gasteiger partial charge in [-0.3, -0.25) is 13.9 Å². The van der Waals surface area contributed by atoms with E-state index in [0.717, 1.165) is 9.87 Å². The van der Waals surface area contributed by atoms with E-state index in [2.05, 4.69) is 5.32 Å². The predicted octanol–water partition coefficient (Wildman–Crippen LogP) is 6.49. The molecule has 3 aromatic carbocycles. The highest BCUT2D eigenvalue weighted by Gasteiger charge is 2.34. The lowest BCUT2D eigenvalue weighted by Crippen LogP contribution is -2.54. The van der Waals surface area contributed by atoms with Gasteiger partial charge in [0.25, 0.3) is 10.0 Å². The number of anilines is 1. The van der Waals surface area contributed by atoms with Gasteiger partial charge in [0.2, 0.25) is 11.8 Å². The number of methoxy groups -OCH3 is 1. The van der Waals surface area contributed by atoms with Crippen LogP contribution in [-0.4, -0.2) is 50.4 Å². The highest BCUT2D eigenvalue weighted by Crippen LogP contribution is 2.32. The van der Waals surface area contributed by atoms with Crippen LogP contribution in [0.3, 0.4) is 0 Å². The van der Waals surface area contributed by atoms with E-state index >= 15 is 0 Å². The van der Waals surface area contributed by atoms with Gasteiger partial charge in [-0.05, 0) is 82.6 Å². The minimum Gasteiger partial charge on any atom is -0.495 e. The number of nitrogens with one attached hydrogen (secondary N) is 1. The number of amides is 2. The van der Waals surface area contributed by atoms with Gasteiger partial charge in [0, 0.05) is 22.1 Å². The number of aryl methyl sites for hydroxylation is 1. The third kappa shape index (κ3) is 8.31. The fraction of sp³-hybridized carbons (Fsp3) is 0.333. The van der Waals surface area contributed by atoms with Crippen molar-refractivity contribution in [1.29, 1.82) is 0 Å². The van der Waals surface area contributed by atoms with Gasteiger partial charge in [0.05, 0.1) is 22.7 Å². The van der Waals surface area contributed by atoms with Crippen molar-refractivity contribution in [2.45, 2.75) is 57.6 Å². The maximum Gasteiger partial charge on any atom is 0.264 e. The number of hydrogen-bond donors (Lipinski definition) is 1. The van der Waals surface area contributed by atoms with E-state index in [9.17, 15) is 18.0 Å². The van der Waals surface area contributed by atoms with Crippen LogP contribution in [0.5, 0.6) is 5.75 Å². The molecule has 0 saturated carbocycles. The predicted molar refractivity (Wildman–Crippen MR) is 168 cm³/mol. The van der Waals surface area contributed by atoms with Crippen LogP contribution >= 0.6 is 34.8 Å². The van der Waals surface area contributed by atoms with Crippen LogP contribution in [0, 0.1) is 6.92 Å². The summed E-state index contributed by atoms with van der Waals surface area (Å²) in [5, 5.41) is 3.75. The molecule has 2 amide bonds. The Hall–Kier alpha value is -2.98. The fourth-order valence-electron chi connectivity index (χ4n) is 4.07. The molecule has 0 heterocycles. The molecule has 3 rings (SSSR count). The number of carbonyl (C=O) groups is 2. The fourth-order valence-corrected chi connectivity index (χ4v) is 6.19. The average Bonchev–Trinajstić information content (AvgIpc) is 2.90. The summed E-state index contributed by atoms with van der Waals surface area (Å²) in [4.78, 5) is 28.6. The second kappa shape index (κ2) is 13.5. The van der Waals surface area contributed by atoms with Gasteiger partial charge < -0.3 is 15.0 Å². The van der Waals surface area contributed by atoms with Crippen LogP contribution in [0.1, 0.15) is 38.8 Å². The van der Waals surface area contributed by atoms with Crippen molar-refractivity contribution >= 4 is 62.3 Å². The van der Waals surface area contributed by atoms with Gasteiger partial charge in [0.1, 0.15) is 18.3 Å². The Morgan fingerprint density at radius 2 is 1.60 bits per heavy atom. The van der Waals surface area contributed by atoms with Crippen LogP contribution in [-0.2, 0) is 26.2 Å². The third-order valence-corrected chi connectivity index (χ3v) is 9.00. The monoisotopic (exact) mass is 653 g/mol. The molecule has 8 nitrogen and oxygen atoms in total. The molecule has 0 fully saturated rings. The van der Waals surface area contributed by atoms with Crippen molar-refractivity contribution in [3.8, 4) is 5.75 Å². The van der Waals surface area contributed by atoms with E-state index in [-0.39, 0.29) is 22.2 Å². The van der Waals surface area contributed by atoms with Crippen LogP contribution < -0.4 is 14.4 Å². The second-order valence-corrected chi connectivity index (χ2v) is 13.9. The first-order valence-corrected chi connectivity index (χ1v) is 15.6. The Kier molecular flexibility index (Phi) is 10.8. The molecule has 0 unspecified atom stereocenters. The maximum atomic E-state index is 14.1.